The Morgan fingerprint density at radius 3 is 2.48 bits per heavy atom. The number of carbonyl (C=O) groups excluding carboxylic acids is 1. The lowest BCUT2D eigenvalue weighted by molar-refractivity contribution is -0.138. The standard InChI is InChI=1S/C22H24ClFN2O5/c1-3-30-19-9-13-7-8-26(22(29)25-14-5-6-17(24)16(23)10-14)18(12-21(27)28)15(13)11-20(19)31-4-2/h5-6,9-11,18H,3-4,7-8,12H2,1-2H3,(H,25,29)(H,27,28)/t18-/m0/s1. The number of fused-ring (bicyclic) bond motifs is 1. The predicted octanol–water partition coefficient (Wildman–Crippen LogP) is 4.88. The van der Waals surface area contributed by atoms with Crippen LogP contribution < -0.4 is 14.8 Å². The van der Waals surface area contributed by atoms with Crippen LogP contribution in [0.1, 0.15) is 37.4 Å². The number of halogens is 2. The number of urea groups is 1. The maximum absolute atomic E-state index is 13.4. The molecule has 2 aromatic rings. The van der Waals surface area contributed by atoms with E-state index in [4.69, 9.17) is 21.1 Å². The van der Waals surface area contributed by atoms with Crippen molar-refractivity contribution in [2.45, 2.75) is 32.7 Å². The van der Waals surface area contributed by atoms with E-state index in [1.54, 1.807) is 6.07 Å². The fraction of sp³-hybridized carbons (Fsp3) is 0.364. The highest BCUT2D eigenvalue weighted by molar-refractivity contribution is 6.31. The van der Waals surface area contributed by atoms with E-state index >= 15 is 0 Å². The second-order valence-electron chi connectivity index (χ2n) is 6.98. The molecule has 0 unspecified atom stereocenters. The van der Waals surface area contributed by atoms with Gasteiger partial charge in [-0.2, -0.15) is 0 Å². The van der Waals surface area contributed by atoms with Crippen LogP contribution in [0.4, 0.5) is 14.9 Å². The molecule has 2 aromatic carbocycles. The minimum Gasteiger partial charge on any atom is -0.490 e. The molecule has 0 saturated carbocycles. The Labute approximate surface area is 184 Å². The van der Waals surface area contributed by atoms with Crippen LogP contribution >= 0.6 is 11.6 Å². The molecule has 166 valence electrons. The molecule has 1 aliphatic rings. The van der Waals surface area contributed by atoms with Crippen molar-refractivity contribution in [2.24, 2.45) is 0 Å². The first kappa shape index (κ1) is 22.7. The highest BCUT2D eigenvalue weighted by Gasteiger charge is 2.34. The summed E-state index contributed by atoms with van der Waals surface area (Å²) in [6.07, 6.45) is 0.250. The van der Waals surface area contributed by atoms with Gasteiger partial charge in [0.05, 0.1) is 30.7 Å². The molecular weight excluding hydrogens is 427 g/mol. The molecule has 0 bridgehead atoms. The molecule has 0 saturated heterocycles. The minimum absolute atomic E-state index is 0.117. The van der Waals surface area contributed by atoms with Gasteiger partial charge >= 0.3 is 12.0 Å². The zero-order valence-electron chi connectivity index (χ0n) is 17.3. The van der Waals surface area contributed by atoms with Crippen molar-refractivity contribution in [3.05, 3.63) is 52.3 Å². The lowest BCUT2D eigenvalue weighted by atomic mass is 9.90. The number of nitrogens with one attached hydrogen (secondary N) is 1. The smallest absolute Gasteiger partial charge is 0.322 e. The molecule has 3 rings (SSSR count). The van der Waals surface area contributed by atoms with Gasteiger partial charge in [-0.1, -0.05) is 11.6 Å². The number of hydrogen-bond donors (Lipinski definition) is 2. The van der Waals surface area contributed by atoms with Gasteiger partial charge in [-0.05, 0) is 61.7 Å². The van der Waals surface area contributed by atoms with E-state index < -0.39 is 23.9 Å². The van der Waals surface area contributed by atoms with Gasteiger partial charge in [0.2, 0.25) is 0 Å². The lowest BCUT2D eigenvalue weighted by Gasteiger charge is -2.37. The van der Waals surface area contributed by atoms with Crippen molar-refractivity contribution in [3.63, 3.8) is 0 Å². The number of carboxylic acid groups (broad SMARTS) is 1. The first-order valence-corrected chi connectivity index (χ1v) is 10.4. The molecule has 0 fully saturated rings. The molecule has 1 heterocycles. The summed E-state index contributed by atoms with van der Waals surface area (Å²) < 4.78 is 24.8. The molecule has 2 amide bonds. The van der Waals surface area contributed by atoms with Crippen molar-refractivity contribution in [3.8, 4) is 11.5 Å². The second kappa shape index (κ2) is 9.87. The van der Waals surface area contributed by atoms with E-state index in [1.165, 1.54) is 17.0 Å². The van der Waals surface area contributed by atoms with Crippen LogP contribution in [0, 0.1) is 5.82 Å². The Hall–Kier alpha value is -3.00. The van der Waals surface area contributed by atoms with Crippen molar-refractivity contribution < 1.29 is 28.6 Å². The SMILES string of the molecule is CCOc1cc2c(cc1OCC)[C@H](CC(=O)O)N(C(=O)Nc1ccc(F)c(Cl)c1)CC2. The number of anilines is 1. The summed E-state index contributed by atoms with van der Waals surface area (Å²) in [6.45, 7) is 4.91. The highest BCUT2D eigenvalue weighted by Crippen LogP contribution is 2.40. The van der Waals surface area contributed by atoms with Crippen LogP contribution in [0.2, 0.25) is 5.02 Å². The molecule has 2 N–H and O–H groups in total. The number of benzene rings is 2. The summed E-state index contributed by atoms with van der Waals surface area (Å²) in [4.78, 5) is 26.0. The highest BCUT2D eigenvalue weighted by atomic mass is 35.5. The van der Waals surface area contributed by atoms with Crippen molar-refractivity contribution in [1.29, 1.82) is 0 Å². The largest absolute Gasteiger partial charge is 0.490 e. The molecule has 1 aliphatic heterocycles. The van der Waals surface area contributed by atoms with Gasteiger partial charge in [0, 0.05) is 12.2 Å². The average molecular weight is 451 g/mol. The first-order valence-electron chi connectivity index (χ1n) is 10.0. The number of ether oxygens (including phenoxy) is 2. The van der Waals surface area contributed by atoms with Gasteiger partial charge in [-0.25, -0.2) is 9.18 Å². The predicted molar refractivity (Wildman–Crippen MR) is 115 cm³/mol. The number of hydrogen-bond acceptors (Lipinski definition) is 4. The normalized spacial score (nSPS) is 15.2. The Morgan fingerprint density at radius 2 is 1.87 bits per heavy atom. The van der Waals surface area contributed by atoms with Gasteiger partial charge < -0.3 is 24.8 Å². The summed E-state index contributed by atoms with van der Waals surface area (Å²) >= 11 is 5.79. The molecule has 0 aromatic heterocycles. The Kier molecular flexibility index (Phi) is 7.22. The van der Waals surface area contributed by atoms with Crippen LogP contribution in [-0.4, -0.2) is 41.8 Å². The lowest BCUT2D eigenvalue weighted by Crippen LogP contribution is -2.43. The van der Waals surface area contributed by atoms with Gasteiger partial charge in [0.25, 0.3) is 0 Å². The van der Waals surface area contributed by atoms with E-state index in [9.17, 15) is 19.1 Å². The second-order valence-corrected chi connectivity index (χ2v) is 7.39. The quantitative estimate of drug-likeness (QED) is 0.627. The summed E-state index contributed by atoms with van der Waals surface area (Å²) in [7, 11) is 0. The third kappa shape index (κ3) is 5.19. The number of rotatable bonds is 7. The van der Waals surface area contributed by atoms with Gasteiger partial charge in [-0.15, -0.1) is 0 Å². The van der Waals surface area contributed by atoms with Crippen molar-refractivity contribution in [1.82, 2.24) is 4.90 Å². The van der Waals surface area contributed by atoms with E-state index in [0.717, 1.165) is 11.6 Å². The van der Waals surface area contributed by atoms with Crippen molar-refractivity contribution >= 4 is 29.3 Å². The number of amides is 2. The van der Waals surface area contributed by atoms with E-state index in [1.807, 2.05) is 19.9 Å². The maximum Gasteiger partial charge on any atom is 0.322 e. The van der Waals surface area contributed by atoms with Gasteiger partial charge in [-0.3, -0.25) is 4.79 Å². The van der Waals surface area contributed by atoms with Gasteiger partial charge in [0.15, 0.2) is 11.5 Å². The molecule has 0 spiro atoms. The third-order valence-electron chi connectivity index (χ3n) is 4.96. The average Bonchev–Trinajstić information content (AvgIpc) is 2.71. The van der Waals surface area contributed by atoms with Crippen molar-refractivity contribution in [2.75, 3.05) is 25.1 Å². The Morgan fingerprint density at radius 1 is 1.19 bits per heavy atom. The molecule has 0 radical (unpaired) electrons. The van der Waals surface area contributed by atoms with Crippen LogP contribution in [0.25, 0.3) is 0 Å². The Bertz CT molecular complexity index is 985. The maximum atomic E-state index is 13.4. The summed E-state index contributed by atoms with van der Waals surface area (Å²) in [6, 6.07) is 6.27. The molecule has 7 nitrogen and oxygen atoms in total. The molecule has 31 heavy (non-hydrogen) atoms. The van der Waals surface area contributed by atoms with E-state index in [-0.39, 0.29) is 11.4 Å². The molecule has 1 atom stereocenters. The zero-order chi connectivity index (χ0) is 22.5. The van der Waals surface area contributed by atoms with Crippen LogP contribution in [0.3, 0.4) is 0 Å². The van der Waals surface area contributed by atoms with E-state index in [0.29, 0.717) is 48.9 Å². The third-order valence-corrected chi connectivity index (χ3v) is 5.25. The summed E-state index contributed by atoms with van der Waals surface area (Å²) in [5.74, 6) is -0.529. The Balaban J connectivity index is 1.94. The van der Waals surface area contributed by atoms with Crippen LogP contribution in [-0.2, 0) is 11.2 Å². The fourth-order valence-electron chi connectivity index (χ4n) is 3.64. The summed E-state index contributed by atoms with van der Waals surface area (Å²) in [5.41, 5.74) is 1.93. The number of carbonyl (C=O) groups is 2. The zero-order valence-corrected chi connectivity index (χ0v) is 18.0. The molecular formula is C22H24ClFN2O5. The fourth-order valence-corrected chi connectivity index (χ4v) is 3.82. The number of carboxylic acids is 1. The van der Waals surface area contributed by atoms with Gasteiger partial charge in [0.1, 0.15) is 5.82 Å². The monoisotopic (exact) mass is 450 g/mol. The number of aliphatic carboxylic acids is 1. The summed E-state index contributed by atoms with van der Waals surface area (Å²) in [5, 5.41) is 12.0. The van der Waals surface area contributed by atoms with Crippen LogP contribution in [0.15, 0.2) is 30.3 Å². The molecule has 9 heteroatoms. The topological polar surface area (TPSA) is 88.1 Å². The molecule has 0 aliphatic carbocycles. The van der Waals surface area contributed by atoms with E-state index in [2.05, 4.69) is 5.32 Å². The first-order chi connectivity index (χ1) is 14.8. The van der Waals surface area contributed by atoms with Crippen LogP contribution in [0.5, 0.6) is 11.5 Å². The number of nitrogens with zero attached hydrogens (tertiary/aromatic N) is 1. The minimum atomic E-state index is -1.03.